The molecule has 0 saturated carbocycles. The third-order valence-corrected chi connectivity index (χ3v) is 2.70. The number of rotatable bonds is 0. The van der Waals surface area contributed by atoms with E-state index in [1.54, 1.807) is 0 Å². The van der Waals surface area contributed by atoms with Gasteiger partial charge in [0.2, 0.25) is 0 Å². The first-order valence-electron chi connectivity index (χ1n) is 5.02. The Bertz CT molecular complexity index is 370. The summed E-state index contributed by atoms with van der Waals surface area (Å²) < 4.78 is 11.7. The van der Waals surface area contributed by atoms with Gasteiger partial charge in [0.1, 0.15) is 6.10 Å². The van der Waals surface area contributed by atoms with Crippen LogP contribution >= 0.6 is 0 Å². The zero-order valence-corrected chi connectivity index (χ0v) is 7.85. The van der Waals surface area contributed by atoms with Crippen LogP contribution in [0.1, 0.15) is 12.8 Å². The zero-order chi connectivity index (χ0) is 9.38. The van der Waals surface area contributed by atoms with E-state index in [0.29, 0.717) is 0 Å². The summed E-state index contributed by atoms with van der Waals surface area (Å²) in [5.41, 5.74) is 0. The molecular weight excluding hydrogens is 176 g/mol. The average molecular weight is 188 g/mol. The van der Waals surface area contributed by atoms with Crippen LogP contribution in [0.3, 0.4) is 0 Å². The number of fused-ring (bicyclic) bond motifs is 2. The Balaban J connectivity index is 1.96. The fourth-order valence-corrected chi connectivity index (χ4v) is 1.97. The quantitative estimate of drug-likeness (QED) is 0.582. The second-order valence-corrected chi connectivity index (χ2v) is 3.69. The summed E-state index contributed by atoms with van der Waals surface area (Å²) in [5.74, 6) is 1.74. The Morgan fingerprint density at radius 1 is 1.07 bits per heavy atom. The maximum absolute atomic E-state index is 5.86. The van der Waals surface area contributed by atoms with E-state index in [0.717, 1.165) is 24.3 Å². The SMILES string of the molecule is C1=CC2Oc3ccccc3OC2CC1. The molecule has 0 N–H and O–H groups in total. The van der Waals surface area contributed by atoms with Crippen molar-refractivity contribution in [2.24, 2.45) is 0 Å². The number of ether oxygens (including phenoxy) is 2. The van der Waals surface area contributed by atoms with Gasteiger partial charge in [0.05, 0.1) is 0 Å². The minimum atomic E-state index is 0.110. The van der Waals surface area contributed by atoms with Crippen molar-refractivity contribution in [3.63, 3.8) is 0 Å². The van der Waals surface area contributed by atoms with Crippen molar-refractivity contribution in [2.45, 2.75) is 25.0 Å². The molecule has 0 saturated heterocycles. The first-order chi connectivity index (χ1) is 6.93. The van der Waals surface area contributed by atoms with E-state index in [4.69, 9.17) is 9.47 Å². The van der Waals surface area contributed by atoms with Crippen LogP contribution in [0, 0.1) is 0 Å². The predicted octanol–water partition coefficient (Wildman–Crippen LogP) is 2.55. The molecule has 2 nitrogen and oxygen atoms in total. The molecule has 14 heavy (non-hydrogen) atoms. The molecule has 1 aromatic rings. The Morgan fingerprint density at radius 3 is 2.71 bits per heavy atom. The molecule has 0 bridgehead atoms. The van der Waals surface area contributed by atoms with E-state index in [9.17, 15) is 0 Å². The number of hydrogen-bond donors (Lipinski definition) is 0. The van der Waals surface area contributed by atoms with Gasteiger partial charge in [-0.05, 0) is 31.1 Å². The smallest absolute Gasteiger partial charge is 0.162 e. The maximum Gasteiger partial charge on any atom is 0.162 e. The molecule has 2 aliphatic rings. The third-order valence-electron chi connectivity index (χ3n) is 2.70. The predicted molar refractivity (Wildman–Crippen MR) is 53.6 cm³/mol. The van der Waals surface area contributed by atoms with Crippen molar-refractivity contribution >= 4 is 0 Å². The summed E-state index contributed by atoms with van der Waals surface area (Å²) in [7, 11) is 0. The second kappa shape index (κ2) is 3.05. The van der Waals surface area contributed by atoms with Crippen molar-refractivity contribution in [2.75, 3.05) is 0 Å². The minimum absolute atomic E-state index is 0.110. The Hall–Kier alpha value is -1.44. The van der Waals surface area contributed by atoms with E-state index in [1.807, 2.05) is 24.3 Å². The van der Waals surface area contributed by atoms with Crippen molar-refractivity contribution in [1.82, 2.24) is 0 Å². The summed E-state index contributed by atoms with van der Waals surface area (Å²) in [6.07, 6.45) is 6.72. The summed E-state index contributed by atoms with van der Waals surface area (Å²) in [5, 5.41) is 0. The van der Waals surface area contributed by atoms with Crippen LogP contribution in [0.5, 0.6) is 11.5 Å². The summed E-state index contributed by atoms with van der Waals surface area (Å²) in [6.45, 7) is 0. The van der Waals surface area contributed by atoms with Crippen molar-refractivity contribution < 1.29 is 9.47 Å². The van der Waals surface area contributed by atoms with E-state index in [-0.39, 0.29) is 12.2 Å². The van der Waals surface area contributed by atoms with E-state index < -0.39 is 0 Å². The topological polar surface area (TPSA) is 18.5 Å². The molecule has 0 amide bonds. The van der Waals surface area contributed by atoms with Gasteiger partial charge in [0.15, 0.2) is 17.6 Å². The molecule has 2 atom stereocenters. The van der Waals surface area contributed by atoms with Crippen LogP contribution in [0.2, 0.25) is 0 Å². The van der Waals surface area contributed by atoms with Gasteiger partial charge in [0.25, 0.3) is 0 Å². The van der Waals surface area contributed by atoms with Gasteiger partial charge in [-0.2, -0.15) is 0 Å². The largest absolute Gasteiger partial charge is 0.482 e. The fourth-order valence-electron chi connectivity index (χ4n) is 1.97. The molecule has 1 heterocycles. The minimum Gasteiger partial charge on any atom is -0.482 e. The molecule has 1 aliphatic heterocycles. The lowest BCUT2D eigenvalue weighted by Gasteiger charge is -2.34. The highest BCUT2D eigenvalue weighted by atomic mass is 16.6. The van der Waals surface area contributed by atoms with Gasteiger partial charge in [-0.3, -0.25) is 0 Å². The van der Waals surface area contributed by atoms with E-state index in [1.165, 1.54) is 0 Å². The lowest BCUT2D eigenvalue weighted by molar-refractivity contribution is 0.0385. The molecule has 2 heteroatoms. The van der Waals surface area contributed by atoms with Gasteiger partial charge < -0.3 is 9.47 Å². The Labute approximate surface area is 83.1 Å². The fraction of sp³-hybridized carbons (Fsp3) is 0.333. The summed E-state index contributed by atoms with van der Waals surface area (Å²) >= 11 is 0. The van der Waals surface area contributed by atoms with E-state index in [2.05, 4.69) is 12.2 Å². The maximum atomic E-state index is 5.86. The van der Waals surface area contributed by atoms with E-state index >= 15 is 0 Å². The zero-order valence-electron chi connectivity index (χ0n) is 7.85. The second-order valence-electron chi connectivity index (χ2n) is 3.69. The Kier molecular flexibility index (Phi) is 1.72. The Morgan fingerprint density at radius 2 is 1.86 bits per heavy atom. The van der Waals surface area contributed by atoms with Crippen LogP contribution in [0.4, 0.5) is 0 Å². The molecule has 3 rings (SSSR count). The normalized spacial score (nSPS) is 28.3. The van der Waals surface area contributed by atoms with Gasteiger partial charge in [-0.25, -0.2) is 0 Å². The number of hydrogen-bond acceptors (Lipinski definition) is 2. The van der Waals surface area contributed by atoms with Gasteiger partial charge in [-0.1, -0.05) is 18.2 Å². The molecule has 0 radical (unpaired) electrons. The molecule has 0 spiro atoms. The highest BCUT2D eigenvalue weighted by Crippen LogP contribution is 2.36. The molecule has 0 aromatic heterocycles. The standard InChI is InChI=1S/C12H12O2/c1-2-6-10-9(5-1)13-11-7-3-4-8-12(11)14-10/h1-3,5-7,11-12H,4,8H2. The van der Waals surface area contributed by atoms with Crippen molar-refractivity contribution in [3.05, 3.63) is 36.4 Å². The first-order valence-corrected chi connectivity index (χ1v) is 5.02. The number of para-hydroxylation sites is 2. The van der Waals surface area contributed by atoms with Crippen LogP contribution in [0.15, 0.2) is 36.4 Å². The highest BCUT2D eigenvalue weighted by molar-refractivity contribution is 5.41. The molecule has 1 aromatic carbocycles. The van der Waals surface area contributed by atoms with Gasteiger partial charge in [-0.15, -0.1) is 0 Å². The van der Waals surface area contributed by atoms with Crippen LogP contribution < -0.4 is 9.47 Å². The lowest BCUT2D eigenvalue weighted by atomic mass is 10.0. The van der Waals surface area contributed by atoms with Crippen LogP contribution in [-0.4, -0.2) is 12.2 Å². The lowest BCUT2D eigenvalue weighted by Crippen LogP contribution is -2.39. The monoisotopic (exact) mass is 188 g/mol. The van der Waals surface area contributed by atoms with Crippen LogP contribution in [0.25, 0.3) is 0 Å². The molecule has 0 fully saturated rings. The first kappa shape index (κ1) is 7.92. The molecule has 2 unspecified atom stereocenters. The molecular formula is C12H12O2. The third kappa shape index (κ3) is 1.18. The molecule has 1 aliphatic carbocycles. The summed E-state index contributed by atoms with van der Waals surface area (Å²) in [4.78, 5) is 0. The highest BCUT2D eigenvalue weighted by Gasteiger charge is 2.30. The van der Waals surface area contributed by atoms with Gasteiger partial charge in [0, 0.05) is 0 Å². The number of allylic oxidation sites excluding steroid dienone is 1. The van der Waals surface area contributed by atoms with Crippen LogP contribution in [-0.2, 0) is 0 Å². The summed E-state index contributed by atoms with van der Waals surface area (Å²) in [6, 6.07) is 7.86. The van der Waals surface area contributed by atoms with Crippen molar-refractivity contribution in [1.29, 1.82) is 0 Å². The number of benzene rings is 1. The van der Waals surface area contributed by atoms with Gasteiger partial charge >= 0.3 is 0 Å². The van der Waals surface area contributed by atoms with Crippen molar-refractivity contribution in [3.8, 4) is 11.5 Å². The molecule has 72 valence electrons. The average Bonchev–Trinajstić information content (AvgIpc) is 2.26.